The van der Waals surface area contributed by atoms with E-state index in [1.54, 1.807) is 0 Å². The van der Waals surface area contributed by atoms with Crippen molar-refractivity contribution in [3.8, 4) is 5.69 Å². The lowest BCUT2D eigenvalue weighted by molar-refractivity contribution is 0.0948. The Morgan fingerprint density at radius 2 is 2.00 bits per heavy atom. The lowest BCUT2D eigenvalue weighted by Gasteiger charge is -2.01. The number of para-hydroxylation sites is 1. The highest BCUT2D eigenvalue weighted by molar-refractivity contribution is 5.91. The first-order valence-corrected chi connectivity index (χ1v) is 5.72. The van der Waals surface area contributed by atoms with Crippen LogP contribution in [0.15, 0.2) is 36.5 Å². The number of carbonyl (C=O) groups is 1. The number of nitrogens with zero attached hydrogens (tertiary/aromatic N) is 3. The summed E-state index contributed by atoms with van der Waals surface area (Å²) in [5, 5.41) is 13.9. The molecule has 0 spiro atoms. The molecule has 6 nitrogen and oxygen atoms in total. The van der Waals surface area contributed by atoms with E-state index in [1.807, 2.05) is 37.4 Å². The van der Waals surface area contributed by atoms with Gasteiger partial charge in [0, 0.05) is 13.1 Å². The van der Waals surface area contributed by atoms with Crippen LogP contribution in [-0.4, -0.2) is 41.0 Å². The molecule has 102 valence electrons. The van der Waals surface area contributed by atoms with Crippen molar-refractivity contribution in [3.63, 3.8) is 0 Å². The number of nitrogens with one attached hydrogen (secondary N) is 2. The van der Waals surface area contributed by atoms with Gasteiger partial charge in [-0.25, -0.2) is 0 Å². The van der Waals surface area contributed by atoms with Gasteiger partial charge < -0.3 is 10.6 Å². The summed E-state index contributed by atoms with van der Waals surface area (Å²) in [6.07, 6.45) is 1.46. The minimum Gasteiger partial charge on any atom is -0.349 e. The highest BCUT2D eigenvalue weighted by Gasteiger charge is 2.10. The van der Waals surface area contributed by atoms with E-state index in [0.29, 0.717) is 12.2 Å². The van der Waals surface area contributed by atoms with Crippen LogP contribution < -0.4 is 10.6 Å². The summed E-state index contributed by atoms with van der Waals surface area (Å²) < 4.78 is 0. The molecular formula is C12H16ClN5O. The number of aromatic nitrogens is 3. The number of amides is 1. The molecular weight excluding hydrogens is 266 g/mol. The molecule has 1 aromatic carbocycles. The van der Waals surface area contributed by atoms with Crippen molar-refractivity contribution in [3.05, 3.63) is 42.2 Å². The lowest BCUT2D eigenvalue weighted by atomic mass is 10.3. The molecule has 0 aliphatic carbocycles. The molecule has 0 atom stereocenters. The van der Waals surface area contributed by atoms with Crippen LogP contribution in [0.1, 0.15) is 10.5 Å². The Morgan fingerprint density at radius 3 is 2.68 bits per heavy atom. The van der Waals surface area contributed by atoms with Crippen molar-refractivity contribution in [2.24, 2.45) is 0 Å². The zero-order valence-electron chi connectivity index (χ0n) is 10.5. The van der Waals surface area contributed by atoms with Gasteiger partial charge in [-0.1, -0.05) is 18.2 Å². The van der Waals surface area contributed by atoms with Crippen LogP contribution in [-0.2, 0) is 0 Å². The summed E-state index contributed by atoms with van der Waals surface area (Å²) >= 11 is 0. The molecule has 0 fully saturated rings. The van der Waals surface area contributed by atoms with Gasteiger partial charge in [0.1, 0.15) is 0 Å². The van der Waals surface area contributed by atoms with E-state index in [-0.39, 0.29) is 18.3 Å². The molecule has 19 heavy (non-hydrogen) atoms. The van der Waals surface area contributed by atoms with Gasteiger partial charge in [0.05, 0.1) is 11.9 Å². The van der Waals surface area contributed by atoms with Gasteiger partial charge in [-0.15, -0.1) is 17.5 Å². The second kappa shape index (κ2) is 7.50. The van der Waals surface area contributed by atoms with E-state index in [4.69, 9.17) is 0 Å². The van der Waals surface area contributed by atoms with Crippen LogP contribution in [0.2, 0.25) is 0 Å². The summed E-state index contributed by atoms with van der Waals surface area (Å²) in [7, 11) is 1.83. The van der Waals surface area contributed by atoms with Crippen LogP contribution in [0.3, 0.4) is 0 Å². The monoisotopic (exact) mass is 281 g/mol. The van der Waals surface area contributed by atoms with Crippen molar-refractivity contribution in [2.75, 3.05) is 20.1 Å². The molecule has 1 heterocycles. The maximum atomic E-state index is 11.7. The molecule has 2 rings (SSSR count). The minimum absolute atomic E-state index is 0. The summed E-state index contributed by atoms with van der Waals surface area (Å²) in [5.74, 6) is -0.215. The highest BCUT2D eigenvalue weighted by atomic mass is 35.5. The second-order valence-corrected chi connectivity index (χ2v) is 3.71. The van der Waals surface area contributed by atoms with Gasteiger partial charge in [-0.05, 0) is 19.2 Å². The van der Waals surface area contributed by atoms with E-state index in [9.17, 15) is 4.79 Å². The zero-order chi connectivity index (χ0) is 12.8. The molecule has 0 aliphatic rings. The highest BCUT2D eigenvalue weighted by Crippen LogP contribution is 2.03. The third-order valence-corrected chi connectivity index (χ3v) is 2.37. The first-order chi connectivity index (χ1) is 8.81. The summed E-state index contributed by atoms with van der Waals surface area (Å²) in [4.78, 5) is 13.1. The number of hydrogen-bond acceptors (Lipinski definition) is 4. The average Bonchev–Trinajstić information content (AvgIpc) is 2.89. The largest absolute Gasteiger partial charge is 0.349 e. The quantitative estimate of drug-likeness (QED) is 0.789. The fraction of sp³-hybridized carbons (Fsp3) is 0.250. The standard InChI is InChI=1S/C12H15N5O.ClH/c1-13-7-8-14-12(18)11-9-15-17(16-11)10-5-3-2-4-6-10;/h2-6,9,13H,7-8H2,1H3,(H,14,18);1H. The third kappa shape index (κ3) is 4.04. The molecule has 1 aromatic heterocycles. The number of rotatable bonds is 5. The van der Waals surface area contributed by atoms with Crippen molar-refractivity contribution in [1.82, 2.24) is 25.6 Å². The molecule has 0 saturated heterocycles. The summed E-state index contributed by atoms with van der Waals surface area (Å²) in [6.45, 7) is 1.28. The Kier molecular flexibility index (Phi) is 5.98. The molecule has 0 unspecified atom stereocenters. The van der Waals surface area contributed by atoms with Crippen LogP contribution in [0.5, 0.6) is 0 Å². The van der Waals surface area contributed by atoms with Crippen molar-refractivity contribution >= 4 is 18.3 Å². The number of halogens is 1. The third-order valence-electron chi connectivity index (χ3n) is 2.37. The van der Waals surface area contributed by atoms with Gasteiger partial charge in [0.2, 0.25) is 0 Å². The Hall–Kier alpha value is -1.92. The Labute approximate surface area is 117 Å². The predicted octanol–water partition coefficient (Wildman–Crippen LogP) is 0.638. The van der Waals surface area contributed by atoms with Gasteiger partial charge >= 0.3 is 0 Å². The molecule has 2 N–H and O–H groups in total. The van der Waals surface area contributed by atoms with Gasteiger partial charge in [-0.3, -0.25) is 4.79 Å². The predicted molar refractivity (Wildman–Crippen MR) is 74.9 cm³/mol. The van der Waals surface area contributed by atoms with E-state index in [2.05, 4.69) is 20.8 Å². The smallest absolute Gasteiger partial charge is 0.273 e. The first-order valence-electron chi connectivity index (χ1n) is 5.72. The summed E-state index contributed by atoms with van der Waals surface area (Å²) in [5.41, 5.74) is 1.14. The normalized spacial score (nSPS) is 9.74. The second-order valence-electron chi connectivity index (χ2n) is 3.71. The molecule has 0 saturated carbocycles. The number of hydrogen-bond donors (Lipinski definition) is 2. The van der Waals surface area contributed by atoms with E-state index in [0.717, 1.165) is 12.2 Å². The van der Waals surface area contributed by atoms with Crippen LogP contribution in [0.4, 0.5) is 0 Å². The van der Waals surface area contributed by atoms with Crippen LogP contribution >= 0.6 is 12.4 Å². The number of benzene rings is 1. The van der Waals surface area contributed by atoms with Gasteiger partial charge in [0.15, 0.2) is 5.69 Å². The molecule has 0 radical (unpaired) electrons. The maximum absolute atomic E-state index is 11.7. The Balaban J connectivity index is 0.00000180. The maximum Gasteiger partial charge on any atom is 0.273 e. The molecule has 7 heteroatoms. The molecule has 0 bridgehead atoms. The fourth-order valence-electron chi connectivity index (χ4n) is 1.44. The SMILES string of the molecule is CNCCNC(=O)c1cnn(-c2ccccc2)n1.Cl. The number of carbonyl (C=O) groups excluding carboxylic acids is 1. The van der Waals surface area contributed by atoms with Crippen molar-refractivity contribution in [2.45, 2.75) is 0 Å². The zero-order valence-corrected chi connectivity index (χ0v) is 11.4. The lowest BCUT2D eigenvalue weighted by Crippen LogP contribution is -2.30. The Bertz CT molecular complexity index is 514. The first kappa shape index (κ1) is 15.1. The van der Waals surface area contributed by atoms with Crippen LogP contribution in [0, 0.1) is 0 Å². The summed E-state index contributed by atoms with van der Waals surface area (Å²) in [6, 6.07) is 9.46. The van der Waals surface area contributed by atoms with E-state index >= 15 is 0 Å². The van der Waals surface area contributed by atoms with Gasteiger partial charge in [0.25, 0.3) is 5.91 Å². The molecule has 0 aliphatic heterocycles. The van der Waals surface area contributed by atoms with E-state index in [1.165, 1.54) is 11.0 Å². The Morgan fingerprint density at radius 1 is 1.26 bits per heavy atom. The minimum atomic E-state index is -0.215. The topological polar surface area (TPSA) is 71.8 Å². The average molecular weight is 282 g/mol. The van der Waals surface area contributed by atoms with Gasteiger partial charge in [-0.2, -0.15) is 9.90 Å². The number of likely N-dealkylation sites (N-methyl/N-ethyl adjacent to an activating group) is 1. The molecule has 2 aromatic rings. The molecule has 1 amide bonds. The van der Waals surface area contributed by atoms with E-state index < -0.39 is 0 Å². The van der Waals surface area contributed by atoms with Crippen molar-refractivity contribution in [1.29, 1.82) is 0 Å². The van der Waals surface area contributed by atoms with Crippen molar-refractivity contribution < 1.29 is 4.79 Å². The van der Waals surface area contributed by atoms with Crippen LogP contribution in [0.25, 0.3) is 5.69 Å². The fourth-order valence-corrected chi connectivity index (χ4v) is 1.44.